The largest absolute Gasteiger partial charge is 0.483 e. The van der Waals surface area contributed by atoms with E-state index in [9.17, 15) is 9.65 Å². The maximum Gasteiger partial charge on any atom is 0.231 e. The summed E-state index contributed by atoms with van der Waals surface area (Å²) in [7, 11) is 0. The average Bonchev–Trinajstić information content (AvgIpc) is 3.26. The van der Waals surface area contributed by atoms with E-state index in [1.54, 1.807) is 17.7 Å². The molecule has 0 saturated carbocycles. The Morgan fingerprint density at radius 3 is 2.67 bits per heavy atom. The fourth-order valence-corrected chi connectivity index (χ4v) is 5.06. The maximum atomic E-state index is 16.1. The summed E-state index contributed by atoms with van der Waals surface area (Å²) in [5, 5.41) is 14.8. The highest BCUT2D eigenvalue weighted by Gasteiger charge is 2.28. The minimum absolute atomic E-state index is 0.0721. The molecule has 0 radical (unpaired) electrons. The van der Waals surface area contributed by atoms with Gasteiger partial charge in [0.15, 0.2) is 17.8 Å². The molecule has 7 nitrogen and oxygen atoms in total. The van der Waals surface area contributed by atoms with E-state index in [1.807, 2.05) is 6.07 Å². The van der Waals surface area contributed by atoms with Gasteiger partial charge in [-0.15, -0.1) is 0 Å². The normalized spacial score (nSPS) is 16.6. The fraction of sp³-hybridized carbons (Fsp3) is 0.280. The van der Waals surface area contributed by atoms with Crippen LogP contribution >= 0.6 is 23.2 Å². The molecule has 184 valence electrons. The number of nitriles is 1. The van der Waals surface area contributed by atoms with Crippen LogP contribution in [0.1, 0.15) is 49.6 Å². The van der Waals surface area contributed by atoms with Crippen molar-refractivity contribution in [1.82, 2.24) is 19.7 Å². The molecule has 4 heterocycles. The van der Waals surface area contributed by atoms with E-state index in [4.69, 9.17) is 32.7 Å². The van der Waals surface area contributed by atoms with E-state index in [-0.39, 0.29) is 38.0 Å². The molecule has 2 atom stereocenters. The Labute approximate surface area is 215 Å². The molecule has 1 aromatic carbocycles. The number of benzene rings is 1. The molecule has 3 aromatic heterocycles. The summed E-state index contributed by atoms with van der Waals surface area (Å²) in [4.78, 5) is 7.47. The van der Waals surface area contributed by atoms with Crippen LogP contribution in [0.5, 0.6) is 5.75 Å². The van der Waals surface area contributed by atoms with Crippen LogP contribution in [0, 0.1) is 23.1 Å². The van der Waals surface area contributed by atoms with Crippen LogP contribution in [0.15, 0.2) is 36.8 Å². The SMILES string of the molecule is C[C@@H](Oc1ccc2c(c(-c3ccnc(F)c3C#N)nn2C2CCCCO2)c1F)c1c(Cl)cncc1Cl. The van der Waals surface area contributed by atoms with Crippen LogP contribution in [0.25, 0.3) is 22.2 Å². The number of hydrogen-bond acceptors (Lipinski definition) is 6. The quantitative estimate of drug-likeness (QED) is 0.264. The van der Waals surface area contributed by atoms with Gasteiger partial charge < -0.3 is 9.47 Å². The minimum atomic E-state index is -0.963. The molecule has 11 heteroatoms. The summed E-state index contributed by atoms with van der Waals surface area (Å²) in [6.45, 7) is 2.23. The summed E-state index contributed by atoms with van der Waals surface area (Å²) in [5.74, 6) is -1.77. The highest BCUT2D eigenvalue weighted by molar-refractivity contribution is 6.35. The van der Waals surface area contributed by atoms with E-state index in [0.29, 0.717) is 24.1 Å². The zero-order valence-electron chi connectivity index (χ0n) is 19.0. The van der Waals surface area contributed by atoms with Gasteiger partial charge in [-0.2, -0.15) is 14.8 Å². The van der Waals surface area contributed by atoms with Crippen molar-refractivity contribution in [2.24, 2.45) is 0 Å². The van der Waals surface area contributed by atoms with Crippen LogP contribution in [-0.2, 0) is 4.74 Å². The lowest BCUT2D eigenvalue weighted by molar-refractivity contribution is -0.0365. The zero-order valence-corrected chi connectivity index (χ0v) is 20.5. The van der Waals surface area contributed by atoms with Gasteiger partial charge in [0.05, 0.1) is 20.9 Å². The number of ether oxygens (including phenoxy) is 2. The van der Waals surface area contributed by atoms with Crippen molar-refractivity contribution in [2.45, 2.75) is 38.5 Å². The Morgan fingerprint density at radius 2 is 1.97 bits per heavy atom. The number of nitrogens with zero attached hydrogens (tertiary/aromatic N) is 5. The molecule has 0 bridgehead atoms. The third-order valence-electron chi connectivity index (χ3n) is 6.08. The number of rotatable bonds is 5. The van der Waals surface area contributed by atoms with Gasteiger partial charge in [-0.1, -0.05) is 23.2 Å². The predicted octanol–water partition coefficient (Wildman–Crippen LogP) is 6.79. The molecule has 0 spiro atoms. The van der Waals surface area contributed by atoms with Crippen molar-refractivity contribution in [3.63, 3.8) is 0 Å². The van der Waals surface area contributed by atoms with Gasteiger partial charge in [0.25, 0.3) is 0 Å². The first-order valence-electron chi connectivity index (χ1n) is 11.2. The van der Waals surface area contributed by atoms with Gasteiger partial charge >= 0.3 is 0 Å². The lowest BCUT2D eigenvalue weighted by Gasteiger charge is -2.23. The molecule has 1 aliphatic heterocycles. The summed E-state index contributed by atoms with van der Waals surface area (Å²) < 4.78 is 43.9. The molecule has 36 heavy (non-hydrogen) atoms. The highest BCUT2D eigenvalue weighted by atomic mass is 35.5. The molecule has 1 fully saturated rings. The molecule has 0 aliphatic carbocycles. The Morgan fingerprint density at radius 1 is 1.19 bits per heavy atom. The Kier molecular flexibility index (Phi) is 6.75. The lowest BCUT2D eigenvalue weighted by atomic mass is 10.0. The maximum absolute atomic E-state index is 16.1. The molecule has 1 saturated heterocycles. The van der Waals surface area contributed by atoms with Gasteiger partial charge in [0.1, 0.15) is 23.4 Å². The van der Waals surface area contributed by atoms with Crippen molar-refractivity contribution in [1.29, 1.82) is 5.26 Å². The molecule has 1 unspecified atom stereocenters. The molecule has 0 N–H and O–H groups in total. The summed E-state index contributed by atoms with van der Waals surface area (Å²) in [6, 6.07) is 6.39. The second-order valence-corrected chi connectivity index (χ2v) is 9.11. The molecule has 4 aromatic rings. The highest BCUT2D eigenvalue weighted by Crippen LogP contribution is 2.40. The smallest absolute Gasteiger partial charge is 0.231 e. The van der Waals surface area contributed by atoms with Gasteiger partial charge in [-0.3, -0.25) is 4.98 Å². The van der Waals surface area contributed by atoms with Crippen molar-refractivity contribution >= 4 is 34.1 Å². The number of pyridine rings is 2. The van der Waals surface area contributed by atoms with Crippen molar-refractivity contribution in [2.75, 3.05) is 6.61 Å². The number of aromatic nitrogens is 4. The van der Waals surface area contributed by atoms with E-state index in [0.717, 1.165) is 12.8 Å². The van der Waals surface area contributed by atoms with E-state index >= 15 is 4.39 Å². The average molecular weight is 530 g/mol. The lowest BCUT2D eigenvalue weighted by Crippen LogP contribution is -2.19. The van der Waals surface area contributed by atoms with Gasteiger partial charge in [0.2, 0.25) is 5.95 Å². The first-order chi connectivity index (χ1) is 17.4. The third kappa shape index (κ3) is 4.26. The fourth-order valence-electron chi connectivity index (χ4n) is 4.39. The number of fused-ring (bicyclic) bond motifs is 1. The Bertz CT molecular complexity index is 1480. The first kappa shape index (κ1) is 24.4. The second kappa shape index (κ2) is 9.97. The van der Waals surface area contributed by atoms with Crippen LogP contribution in [0.2, 0.25) is 10.0 Å². The second-order valence-electron chi connectivity index (χ2n) is 8.30. The molecule has 5 rings (SSSR count). The zero-order chi connectivity index (χ0) is 25.4. The predicted molar refractivity (Wildman–Crippen MR) is 130 cm³/mol. The summed E-state index contributed by atoms with van der Waals surface area (Å²) in [5.41, 5.74) is 0.766. The topological polar surface area (TPSA) is 85.8 Å². The Balaban J connectivity index is 1.68. The van der Waals surface area contributed by atoms with E-state index < -0.39 is 24.1 Å². The Hall–Kier alpha value is -3.32. The van der Waals surface area contributed by atoms with E-state index in [2.05, 4.69) is 15.1 Å². The third-order valence-corrected chi connectivity index (χ3v) is 6.68. The monoisotopic (exact) mass is 529 g/mol. The van der Waals surface area contributed by atoms with Crippen molar-refractivity contribution in [3.8, 4) is 23.1 Å². The van der Waals surface area contributed by atoms with Crippen LogP contribution in [0.4, 0.5) is 8.78 Å². The van der Waals surface area contributed by atoms with E-state index in [1.165, 1.54) is 30.7 Å². The summed E-state index contributed by atoms with van der Waals surface area (Å²) >= 11 is 12.5. The van der Waals surface area contributed by atoms with Crippen LogP contribution in [0.3, 0.4) is 0 Å². The standard InChI is InChI=1S/C25H19Cl2F2N5O2/c1-13(21-16(26)11-31-12-17(21)27)36-19-6-5-18-22(23(19)28)24(14-7-8-32-25(29)15(14)10-30)33-34(18)20-4-2-3-9-35-20/h5-8,11-13,20H,2-4,9H2,1H3/t13-,20?/m1/s1. The molecular formula is C25H19Cl2F2N5O2. The van der Waals surface area contributed by atoms with Crippen molar-refractivity contribution in [3.05, 3.63) is 69.7 Å². The van der Waals surface area contributed by atoms with Crippen LogP contribution < -0.4 is 4.74 Å². The number of hydrogen-bond donors (Lipinski definition) is 0. The van der Waals surface area contributed by atoms with Crippen molar-refractivity contribution < 1.29 is 18.3 Å². The van der Waals surface area contributed by atoms with Gasteiger partial charge in [-0.05, 0) is 44.4 Å². The summed E-state index contributed by atoms with van der Waals surface area (Å²) in [6.07, 6.45) is 5.44. The number of halogens is 4. The first-order valence-corrected chi connectivity index (χ1v) is 12.0. The molecular weight excluding hydrogens is 511 g/mol. The van der Waals surface area contributed by atoms with Gasteiger partial charge in [0, 0.05) is 36.3 Å². The molecule has 1 aliphatic rings. The minimum Gasteiger partial charge on any atom is -0.483 e. The van der Waals surface area contributed by atoms with Gasteiger partial charge in [-0.25, -0.2) is 14.1 Å². The van der Waals surface area contributed by atoms with Crippen LogP contribution in [-0.4, -0.2) is 26.4 Å². The molecule has 0 amide bonds.